The van der Waals surface area contributed by atoms with Crippen molar-refractivity contribution in [3.63, 3.8) is 0 Å². The van der Waals surface area contributed by atoms with Crippen molar-refractivity contribution < 1.29 is 4.74 Å². The maximum absolute atomic E-state index is 5.61. The number of benzene rings is 2. The number of nitrogens with two attached hydrogens (primary N) is 2. The van der Waals surface area contributed by atoms with E-state index in [4.69, 9.17) is 16.2 Å². The quantitative estimate of drug-likeness (QED) is 0.584. The lowest BCUT2D eigenvalue weighted by Gasteiger charge is -2.03. The lowest BCUT2D eigenvalue weighted by atomic mass is 10.1. The summed E-state index contributed by atoms with van der Waals surface area (Å²) in [5, 5.41) is 0. The SMILES string of the molecule is CCCCCCc1ccc(N)cc1.COc1ccc(C)cc1N. The van der Waals surface area contributed by atoms with Crippen LogP contribution in [0.4, 0.5) is 11.4 Å². The Morgan fingerprint density at radius 2 is 1.61 bits per heavy atom. The van der Waals surface area contributed by atoms with Crippen LogP contribution in [-0.2, 0) is 6.42 Å². The molecule has 3 nitrogen and oxygen atoms in total. The van der Waals surface area contributed by atoms with Gasteiger partial charge in [0.2, 0.25) is 0 Å². The Morgan fingerprint density at radius 1 is 0.913 bits per heavy atom. The lowest BCUT2D eigenvalue weighted by Crippen LogP contribution is -1.91. The van der Waals surface area contributed by atoms with Gasteiger partial charge in [-0.15, -0.1) is 0 Å². The molecule has 0 heterocycles. The maximum Gasteiger partial charge on any atom is 0.141 e. The van der Waals surface area contributed by atoms with Crippen LogP contribution in [0, 0.1) is 6.92 Å². The van der Waals surface area contributed by atoms with Crippen molar-refractivity contribution in [1.82, 2.24) is 0 Å². The Labute approximate surface area is 140 Å². The monoisotopic (exact) mass is 314 g/mol. The van der Waals surface area contributed by atoms with Gasteiger partial charge in [-0.05, 0) is 55.2 Å². The number of methoxy groups -OCH3 is 1. The molecule has 0 amide bonds. The maximum atomic E-state index is 5.61. The molecule has 126 valence electrons. The van der Waals surface area contributed by atoms with Crippen LogP contribution < -0.4 is 16.2 Å². The first kappa shape index (κ1) is 18.9. The van der Waals surface area contributed by atoms with E-state index in [1.54, 1.807) is 7.11 Å². The summed E-state index contributed by atoms with van der Waals surface area (Å²) in [7, 11) is 1.61. The van der Waals surface area contributed by atoms with E-state index in [1.807, 2.05) is 37.3 Å². The topological polar surface area (TPSA) is 61.3 Å². The van der Waals surface area contributed by atoms with E-state index in [0.29, 0.717) is 5.69 Å². The van der Waals surface area contributed by atoms with Gasteiger partial charge in [0.1, 0.15) is 5.75 Å². The van der Waals surface area contributed by atoms with Crippen molar-refractivity contribution in [2.75, 3.05) is 18.6 Å². The number of rotatable bonds is 6. The van der Waals surface area contributed by atoms with Crippen molar-refractivity contribution in [2.45, 2.75) is 46.0 Å². The second kappa shape index (κ2) is 10.5. The molecule has 0 saturated heterocycles. The highest BCUT2D eigenvalue weighted by molar-refractivity contribution is 5.53. The number of nitrogen functional groups attached to an aromatic ring is 2. The second-order valence-electron chi connectivity index (χ2n) is 5.80. The summed E-state index contributed by atoms with van der Waals surface area (Å²) >= 11 is 0. The van der Waals surface area contributed by atoms with E-state index in [0.717, 1.165) is 17.0 Å². The van der Waals surface area contributed by atoms with Crippen molar-refractivity contribution in [3.05, 3.63) is 53.6 Å². The third-order valence-corrected chi connectivity index (χ3v) is 3.68. The molecule has 4 N–H and O–H groups in total. The molecule has 0 aliphatic carbocycles. The molecule has 0 atom stereocenters. The summed E-state index contributed by atoms with van der Waals surface area (Å²) in [4.78, 5) is 0. The van der Waals surface area contributed by atoms with E-state index in [-0.39, 0.29) is 0 Å². The smallest absolute Gasteiger partial charge is 0.141 e. The standard InChI is InChI=1S/C12H19N.C8H11NO/c1-2-3-4-5-6-11-7-9-12(13)10-8-11;1-6-3-4-8(10-2)7(9)5-6/h7-10H,2-6,13H2,1H3;3-5H,9H2,1-2H3. The molecule has 0 saturated carbocycles. The first-order chi connectivity index (χ1) is 11.1. The number of ether oxygens (including phenoxy) is 1. The molecule has 0 spiro atoms. The van der Waals surface area contributed by atoms with E-state index in [9.17, 15) is 0 Å². The van der Waals surface area contributed by atoms with E-state index >= 15 is 0 Å². The van der Waals surface area contributed by atoms with Gasteiger partial charge in [0.15, 0.2) is 0 Å². The molecule has 0 fully saturated rings. The summed E-state index contributed by atoms with van der Waals surface area (Å²) in [6.07, 6.45) is 6.51. The Bertz CT molecular complexity index is 564. The zero-order chi connectivity index (χ0) is 17.1. The molecular formula is C20H30N2O. The van der Waals surface area contributed by atoms with Gasteiger partial charge in [0.25, 0.3) is 0 Å². The first-order valence-electron chi connectivity index (χ1n) is 8.31. The molecule has 0 aliphatic heterocycles. The van der Waals surface area contributed by atoms with Crippen molar-refractivity contribution >= 4 is 11.4 Å². The number of hydrogen-bond acceptors (Lipinski definition) is 3. The molecule has 0 aliphatic rings. The van der Waals surface area contributed by atoms with Gasteiger partial charge >= 0.3 is 0 Å². The molecular weight excluding hydrogens is 284 g/mol. The number of hydrogen-bond donors (Lipinski definition) is 2. The number of unbranched alkanes of at least 4 members (excludes halogenated alkanes) is 3. The molecule has 2 rings (SSSR count). The molecule has 2 aromatic carbocycles. The van der Waals surface area contributed by atoms with Gasteiger partial charge in [-0.3, -0.25) is 0 Å². The second-order valence-corrected chi connectivity index (χ2v) is 5.80. The largest absolute Gasteiger partial charge is 0.495 e. The predicted molar refractivity (Wildman–Crippen MR) is 101 cm³/mol. The minimum atomic E-state index is 0.697. The van der Waals surface area contributed by atoms with Crippen LogP contribution in [-0.4, -0.2) is 7.11 Å². The summed E-state index contributed by atoms with van der Waals surface area (Å²) in [6, 6.07) is 13.9. The van der Waals surface area contributed by atoms with Crippen LogP contribution in [0.5, 0.6) is 5.75 Å². The van der Waals surface area contributed by atoms with Crippen molar-refractivity contribution in [1.29, 1.82) is 0 Å². The van der Waals surface area contributed by atoms with Crippen LogP contribution in [0.1, 0.15) is 43.7 Å². The van der Waals surface area contributed by atoms with Gasteiger partial charge in [-0.1, -0.05) is 44.4 Å². The van der Waals surface area contributed by atoms with Gasteiger partial charge in [-0.25, -0.2) is 0 Å². The third kappa shape index (κ3) is 7.59. The fourth-order valence-electron chi connectivity index (χ4n) is 2.29. The Balaban J connectivity index is 0.000000238. The molecule has 0 aromatic heterocycles. The van der Waals surface area contributed by atoms with Crippen LogP contribution in [0.15, 0.2) is 42.5 Å². The number of aryl methyl sites for hydroxylation is 2. The molecule has 2 aromatic rings. The highest BCUT2D eigenvalue weighted by Gasteiger charge is 1.95. The van der Waals surface area contributed by atoms with E-state index in [1.165, 1.54) is 37.7 Å². The Morgan fingerprint density at radius 3 is 2.17 bits per heavy atom. The average molecular weight is 314 g/mol. The van der Waals surface area contributed by atoms with Crippen LogP contribution >= 0.6 is 0 Å². The third-order valence-electron chi connectivity index (χ3n) is 3.68. The Hall–Kier alpha value is -2.16. The molecule has 23 heavy (non-hydrogen) atoms. The van der Waals surface area contributed by atoms with Crippen LogP contribution in [0.2, 0.25) is 0 Å². The predicted octanol–water partition coefficient (Wildman–Crippen LogP) is 4.98. The van der Waals surface area contributed by atoms with Crippen molar-refractivity contribution in [2.24, 2.45) is 0 Å². The highest BCUT2D eigenvalue weighted by atomic mass is 16.5. The van der Waals surface area contributed by atoms with E-state index < -0.39 is 0 Å². The van der Waals surface area contributed by atoms with E-state index in [2.05, 4.69) is 19.1 Å². The molecule has 3 heteroatoms. The van der Waals surface area contributed by atoms with Crippen LogP contribution in [0.3, 0.4) is 0 Å². The minimum Gasteiger partial charge on any atom is -0.495 e. The summed E-state index contributed by atoms with van der Waals surface area (Å²) in [5.41, 5.74) is 15.3. The fourth-order valence-corrected chi connectivity index (χ4v) is 2.29. The fraction of sp³-hybridized carbons (Fsp3) is 0.400. The molecule has 0 bridgehead atoms. The average Bonchev–Trinajstić information content (AvgIpc) is 2.54. The van der Waals surface area contributed by atoms with Gasteiger partial charge in [-0.2, -0.15) is 0 Å². The normalized spacial score (nSPS) is 9.87. The summed E-state index contributed by atoms with van der Waals surface area (Å²) in [6.45, 7) is 4.24. The summed E-state index contributed by atoms with van der Waals surface area (Å²) in [5.74, 6) is 0.741. The highest BCUT2D eigenvalue weighted by Crippen LogP contribution is 2.20. The summed E-state index contributed by atoms with van der Waals surface area (Å²) < 4.78 is 4.97. The first-order valence-corrected chi connectivity index (χ1v) is 8.31. The van der Waals surface area contributed by atoms with Crippen molar-refractivity contribution in [3.8, 4) is 5.75 Å². The molecule has 0 radical (unpaired) electrons. The van der Waals surface area contributed by atoms with Crippen LogP contribution in [0.25, 0.3) is 0 Å². The minimum absolute atomic E-state index is 0.697. The van der Waals surface area contributed by atoms with Gasteiger partial charge in [0, 0.05) is 5.69 Å². The van der Waals surface area contributed by atoms with Gasteiger partial charge < -0.3 is 16.2 Å². The lowest BCUT2D eigenvalue weighted by molar-refractivity contribution is 0.417. The van der Waals surface area contributed by atoms with Gasteiger partial charge in [0.05, 0.1) is 12.8 Å². The zero-order valence-corrected chi connectivity index (χ0v) is 14.6. The zero-order valence-electron chi connectivity index (χ0n) is 14.6. The number of anilines is 2. The molecule has 0 unspecified atom stereocenters. The Kier molecular flexibility index (Phi) is 8.66.